The molecule has 0 aliphatic rings. The molecular weight excluding hydrogens is 372 g/mol. The van der Waals surface area contributed by atoms with Gasteiger partial charge in [0, 0.05) is 10.6 Å². The van der Waals surface area contributed by atoms with Crippen molar-refractivity contribution in [3.05, 3.63) is 65.0 Å². The summed E-state index contributed by atoms with van der Waals surface area (Å²) in [6, 6.07) is 15.4. The van der Waals surface area contributed by atoms with E-state index in [2.05, 4.69) is 0 Å². The van der Waals surface area contributed by atoms with Gasteiger partial charge in [0.05, 0.1) is 22.6 Å². The summed E-state index contributed by atoms with van der Waals surface area (Å²) in [6.07, 6.45) is 0. The second-order valence-corrected chi connectivity index (χ2v) is 7.41. The van der Waals surface area contributed by atoms with Crippen LogP contribution >= 0.6 is 11.3 Å². The summed E-state index contributed by atoms with van der Waals surface area (Å²) in [7, 11) is 0. The predicted molar refractivity (Wildman–Crippen MR) is 103 cm³/mol. The van der Waals surface area contributed by atoms with Crippen LogP contribution in [0.5, 0.6) is 0 Å². The van der Waals surface area contributed by atoms with E-state index in [1.54, 1.807) is 61.5 Å². The molecule has 1 aromatic heterocycles. The van der Waals surface area contributed by atoms with Crippen molar-refractivity contribution in [2.45, 2.75) is 6.92 Å². The molecule has 0 saturated carbocycles. The third-order valence-electron chi connectivity index (χ3n) is 3.78. The number of para-hydroxylation sites is 1. The largest absolute Gasteiger partial charge is 0.755 e. The molecule has 0 saturated heterocycles. The zero-order valence-corrected chi connectivity index (χ0v) is 15.3. The number of carbonyl (C=O) groups is 1. The van der Waals surface area contributed by atoms with E-state index in [0.717, 1.165) is 21.2 Å². The maximum atomic E-state index is 11.9. The number of aryl methyl sites for hydroxylation is 1. The number of hydrogen-bond acceptors (Lipinski definition) is 5. The lowest BCUT2D eigenvalue weighted by Gasteiger charge is -2.27. The van der Waals surface area contributed by atoms with Crippen molar-refractivity contribution in [1.82, 2.24) is 0 Å². The number of nitrogen functional groups attached to an aromatic ring is 1. The van der Waals surface area contributed by atoms with Crippen molar-refractivity contribution in [2.24, 2.45) is 0 Å². The molecule has 8 heteroatoms. The van der Waals surface area contributed by atoms with Crippen LogP contribution < -0.4 is 10.0 Å². The molecule has 3 N–H and O–H groups in total. The standard InChI is InChI=1S/C18H16N2O4S2/c1-11-5-2-3-8-14(11)20(26(23)24)15-10-16(25-17(15)18(21)22)12-6-4-7-13(19)9-12/h2-10H,19H2,1H3,(H,21,22)(H,23,24)/p-1. The Balaban J connectivity index is 2.20. The summed E-state index contributed by atoms with van der Waals surface area (Å²) < 4.78 is 24.9. The van der Waals surface area contributed by atoms with Gasteiger partial charge >= 0.3 is 5.97 Å². The van der Waals surface area contributed by atoms with Crippen LogP contribution in [0.25, 0.3) is 10.4 Å². The Bertz CT molecular complexity index is 1000. The molecule has 6 nitrogen and oxygen atoms in total. The van der Waals surface area contributed by atoms with Crippen molar-refractivity contribution in [3.8, 4) is 10.4 Å². The lowest BCUT2D eigenvalue weighted by Crippen LogP contribution is -2.21. The number of carboxylic acids is 1. The number of nitrogens with two attached hydrogens (primary N) is 1. The lowest BCUT2D eigenvalue weighted by atomic mass is 10.1. The molecule has 134 valence electrons. The first kappa shape index (κ1) is 18.1. The molecule has 1 unspecified atom stereocenters. The number of rotatable bonds is 5. The van der Waals surface area contributed by atoms with Crippen molar-refractivity contribution in [3.63, 3.8) is 0 Å². The van der Waals surface area contributed by atoms with Crippen LogP contribution in [0.15, 0.2) is 54.6 Å². The highest BCUT2D eigenvalue weighted by molar-refractivity contribution is 7.81. The maximum absolute atomic E-state index is 11.9. The topological polar surface area (TPSA) is 107 Å². The quantitative estimate of drug-likeness (QED) is 0.509. The fourth-order valence-corrected chi connectivity index (χ4v) is 4.31. The first-order valence-electron chi connectivity index (χ1n) is 7.56. The van der Waals surface area contributed by atoms with Gasteiger partial charge in [0.2, 0.25) is 0 Å². The zero-order valence-electron chi connectivity index (χ0n) is 13.7. The number of nitrogens with zero attached hydrogens (tertiary/aromatic N) is 1. The Labute approximate surface area is 156 Å². The minimum absolute atomic E-state index is 0.0603. The zero-order chi connectivity index (χ0) is 18.8. The number of benzene rings is 2. The van der Waals surface area contributed by atoms with Gasteiger partial charge in [-0.15, -0.1) is 11.3 Å². The number of aromatic carboxylic acids is 1. The molecule has 2 aromatic carbocycles. The molecule has 26 heavy (non-hydrogen) atoms. The number of hydrogen-bond donors (Lipinski definition) is 2. The van der Waals surface area contributed by atoms with Crippen molar-refractivity contribution >= 4 is 45.6 Å². The molecule has 0 aliphatic heterocycles. The second kappa shape index (κ2) is 7.28. The highest BCUT2D eigenvalue weighted by Gasteiger charge is 2.24. The van der Waals surface area contributed by atoms with E-state index in [-0.39, 0.29) is 10.6 Å². The summed E-state index contributed by atoms with van der Waals surface area (Å²) in [5.41, 5.74) is 8.28. The van der Waals surface area contributed by atoms with E-state index < -0.39 is 17.2 Å². The molecular formula is C18H15N2O4S2-. The molecule has 1 atom stereocenters. The molecule has 0 aliphatic carbocycles. The van der Waals surface area contributed by atoms with Crippen molar-refractivity contribution in [1.29, 1.82) is 0 Å². The van der Waals surface area contributed by atoms with Gasteiger partial charge in [0.25, 0.3) is 0 Å². The van der Waals surface area contributed by atoms with Gasteiger partial charge in [-0.3, -0.25) is 8.51 Å². The molecule has 3 rings (SSSR count). The number of carboxylic acid groups (broad SMARTS) is 1. The van der Waals surface area contributed by atoms with Gasteiger partial charge in [-0.05, 0) is 42.3 Å². The summed E-state index contributed by atoms with van der Waals surface area (Å²) in [4.78, 5) is 12.3. The van der Waals surface area contributed by atoms with Crippen molar-refractivity contribution < 1.29 is 18.7 Å². The Morgan fingerprint density at radius 3 is 2.50 bits per heavy atom. The molecule has 0 fully saturated rings. The first-order chi connectivity index (χ1) is 12.4. The van der Waals surface area contributed by atoms with Crippen LogP contribution in [0.1, 0.15) is 15.2 Å². The SMILES string of the molecule is Cc1ccccc1N(c1cc(-c2cccc(N)c2)sc1C(=O)O)S(=O)[O-]. The normalized spacial score (nSPS) is 11.9. The Kier molecular flexibility index (Phi) is 5.08. The molecule has 0 spiro atoms. The van der Waals surface area contributed by atoms with Gasteiger partial charge in [-0.1, -0.05) is 30.3 Å². The predicted octanol–water partition coefficient (Wildman–Crippen LogP) is 3.94. The van der Waals surface area contributed by atoms with E-state index in [1.165, 1.54) is 0 Å². The van der Waals surface area contributed by atoms with Gasteiger partial charge in [0.1, 0.15) is 4.88 Å². The maximum Gasteiger partial charge on any atom is 0.348 e. The van der Waals surface area contributed by atoms with Crippen LogP contribution in [-0.4, -0.2) is 19.8 Å². The molecule has 0 radical (unpaired) electrons. The molecule has 0 amide bonds. The number of anilines is 3. The monoisotopic (exact) mass is 387 g/mol. The Morgan fingerprint density at radius 2 is 1.88 bits per heavy atom. The second-order valence-electron chi connectivity index (χ2n) is 5.55. The molecule has 0 bridgehead atoms. The number of thiophene rings is 1. The van der Waals surface area contributed by atoms with Crippen LogP contribution in [0.4, 0.5) is 17.1 Å². The molecule has 1 heterocycles. The minimum Gasteiger partial charge on any atom is -0.755 e. The highest BCUT2D eigenvalue weighted by Crippen LogP contribution is 2.41. The average molecular weight is 387 g/mol. The highest BCUT2D eigenvalue weighted by atomic mass is 32.2. The summed E-state index contributed by atoms with van der Waals surface area (Å²) in [5, 5.41) is 9.59. The third kappa shape index (κ3) is 3.48. The van der Waals surface area contributed by atoms with Gasteiger partial charge < -0.3 is 15.4 Å². The molecule has 3 aromatic rings. The summed E-state index contributed by atoms with van der Waals surface area (Å²) in [6.45, 7) is 1.76. The van der Waals surface area contributed by atoms with Crippen LogP contribution in [0, 0.1) is 6.92 Å². The van der Waals surface area contributed by atoms with Crippen molar-refractivity contribution in [2.75, 3.05) is 10.0 Å². The summed E-state index contributed by atoms with van der Waals surface area (Å²) in [5.74, 6) is -1.19. The van der Waals surface area contributed by atoms with Crippen LogP contribution in [0.2, 0.25) is 0 Å². The van der Waals surface area contributed by atoms with Crippen LogP contribution in [-0.2, 0) is 11.3 Å². The lowest BCUT2D eigenvalue weighted by molar-refractivity contribution is 0.0703. The Morgan fingerprint density at radius 1 is 1.15 bits per heavy atom. The average Bonchev–Trinajstić information content (AvgIpc) is 3.02. The van der Waals surface area contributed by atoms with Gasteiger partial charge in [-0.2, -0.15) is 0 Å². The van der Waals surface area contributed by atoms with E-state index in [9.17, 15) is 18.7 Å². The first-order valence-corrected chi connectivity index (χ1v) is 9.41. The van der Waals surface area contributed by atoms with Crippen LogP contribution in [0.3, 0.4) is 0 Å². The fourth-order valence-electron chi connectivity index (χ4n) is 2.60. The van der Waals surface area contributed by atoms with Gasteiger partial charge in [0.15, 0.2) is 0 Å². The van der Waals surface area contributed by atoms with E-state index in [1.807, 2.05) is 0 Å². The van der Waals surface area contributed by atoms with Gasteiger partial charge in [-0.25, -0.2) is 4.79 Å². The van der Waals surface area contributed by atoms with E-state index in [4.69, 9.17) is 5.73 Å². The van der Waals surface area contributed by atoms with E-state index >= 15 is 0 Å². The van der Waals surface area contributed by atoms with E-state index in [0.29, 0.717) is 21.8 Å². The Hall–Kier alpha value is -2.68. The summed E-state index contributed by atoms with van der Waals surface area (Å²) >= 11 is -1.68. The minimum atomic E-state index is -2.69. The smallest absolute Gasteiger partial charge is 0.348 e. The third-order valence-corrected chi connectivity index (χ3v) is 5.63. The fraction of sp³-hybridized carbons (Fsp3) is 0.0556.